The van der Waals surface area contributed by atoms with Gasteiger partial charge in [-0.1, -0.05) is 23.4 Å². The quantitative estimate of drug-likeness (QED) is 0.900. The van der Waals surface area contributed by atoms with E-state index in [9.17, 15) is 9.59 Å². The monoisotopic (exact) mass is 322 g/mol. The number of carboxylic acid groups (broad SMARTS) is 1. The average Bonchev–Trinajstić information content (AvgIpc) is 2.42. The highest BCUT2D eigenvalue weighted by molar-refractivity contribution is 7.99. The van der Waals surface area contributed by atoms with Crippen molar-refractivity contribution in [3.05, 3.63) is 47.1 Å². The zero-order valence-corrected chi connectivity index (χ0v) is 12.5. The lowest BCUT2D eigenvalue weighted by Gasteiger charge is -2.06. The average molecular weight is 323 g/mol. The molecule has 0 atom stereocenters. The molecule has 2 N–H and O–H groups in total. The minimum Gasteiger partial charge on any atom is -0.478 e. The Morgan fingerprint density at radius 2 is 1.95 bits per heavy atom. The summed E-state index contributed by atoms with van der Waals surface area (Å²) < 4.78 is 0. The Bertz CT molecular complexity index is 689. The van der Waals surface area contributed by atoms with Crippen molar-refractivity contribution in [1.29, 1.82) is 0 Å². The van der Waals surface area contributed by atoms with E-state index in [4.69, 9.17) is 16.7 Å². The lowest BCUT2D eigenvalue weighted by atomic mass is 10.3. The maximum atomic E-state index is 10.9. The Kier molecular flexibility index (Phi) is 4.82. The summed E-state index contributed by atoms with van der Waals surface area (Å²) in [4.78, 5) is 26.7. The molecule has 0 aliphatic heterocycles. The topological polar surface area (TPSA) is 79.3 Å². The Hall–Kier alpha value is -2.05. The van der Waals surface area contributed by atoms with Crippen molar-refractivity contribution in [1.82, 2.24) is 4.98 Å². The van der Waals surface area contributed by atoms with Gasteiger partial charge < -0.3 is 10.4 Å². The number of aromatic nitrogens is 1. The fourth-order valence-corrected chi connectivity index (χ4v) is 2.58. The standard InChI is InChI=1S/C14H11ClN2O3S/c1-8(18)17-10-2-4-11(5-3-10)21-13-12(15)6-9(7-16-13)14(19)20/h2-7H,1H3,(H,17,18)(H,19,20). The molecule has 1 aromatic heterocycles. The maximum absolute atomic E-state index is 10.9. The molecule has 2 rings (SSSR count). The summed E-state index contributed by atoms with van der Waals surface area (Å²) >= 11 is 7.33. The van der Waals surface area contributed by atoms with Gasteiger partial charge in [-0.25, -0.2) is 9.78 Å². The molecular formula is C14H11ClN2O3S. The summed E-state index contributed by atoms with van der Waals surface area (Å²) in [7, 11) is 0. The van der Waals surface area contributed by atoms with Gasteiger partial charge in [0.15, 0.2) is 0 Å². The number of benzene rings is 1. The van der Waals surface area contributed by atoms with Crippen LogP contribution in [0.1, 0.15) is 17.3 Å². The first-order valence-electron chi connectivity index (χ1n) is 5.90. The van der Waals surface area contributed by atoms with Crippen molar-refractivity contribution in [3.8, 4) is 0 Å². The molecule has 0 radical (unpaired) electrons. The summed E-state index contributed by atoms with van der Waals surface area (Å²) in [5.74, 6) is -1.20. The van der Waals surface area contributed by atoms with E-state index >= 15 is 0 Å². The van der Waals surface area contributed by atoms with Crippen LogP contribution in [0.15, 0.2) is 46.5 Å². The van der Waals surface area contributed by atoms with Gasteiger partial charge in [-0.3, -0.25) is 4.79 Å². The number of carboxylic acids is 1. The smallest absolute Gasteiger partial charge is 0.337 e. The summed E-state index contributed by atoms with van der Waals surface area (Å²) in [6, 6.07) is 8.54. The minimum absolute atomic E-state index is 0.0466. The third kappa shape index (κ3) is 4.21. The molecule has 0 spiro atoms. The van der Waals surface area contributed by atoms with E-state index < -0.39 is 5.97 Å². The molecule has 0 saturated carbocycles. The number of hydrogen-bond acceptors (Lipinski definition) is 4. The van der Waals surface area contributed by atoms with Crippen LogP contribution in [-0.4, -0.2) is 22.0 Å². The molecule has 0 bridgehead atoms. The van der Waals surface area contributed by atoms with Gasteiger partial charge in [0.2, 0.25) is 5.91 Å². The Balaban J connectivity index is 2.14. The minimum atomic E-state index is -1.07. The fraction of sp³-hybridized carbons (Fsp3) is 0.0714. The first kappa shape index (κ1) is 15.3. The van der Waals surface area contributed by atoms with E-state index in [1.54, 1.807) is 12.1 Å². The molecule has 1 heterocycles. The van der Waals surface area contributed by atoms with Gasteiger partial charge in [-0.15, -0.1) is 0 Å². The molecule has 21 heavy (non-hydrogen) atoms. The van der Waals surface area contributed by atoms with E-state index in [0.717, 1.165) is 4.90 Å². The second kappa shape index (κ2) is 6.60. The molecule has 0 aliphatic carbocycles. The molecule has 5 nitrogen and oxygen atoms in total. The number of amides is 1. The molecule has 0 aliphatic rings. The van der Waals surface area contributed by atoms with Gasteiger partial charge in [-0.2, -0.15) is 0 Å². The third-order valence-electron chi connectivity index (χ3n) is 2.44. The summed E-state index contributed by atoms with van der Waals surface area (Å²) in [5, 5.41) is 12.3. The Labute approximate surface area is 130 Å². The van der Waals surface area contributed by atoms with Crippen LogP contribution >= 0.6 is 23.4 Å². The lowest BCUT2D eigenvalue weighted by molar-refractivity contribution is -0.114. The van der Waals surface area contributed by atoms with Crippen LogP contribution in [0.5, 0.6) is 0 Å². The molecule has 7 heteroatoms. The van der Waals surface area contributed by atoms with E-state index in [-0.39, 0.29) is 16.5 Å². The highest BCUT2D eigenvalue weighted by Crippen LogP contribution is 2.32. The Morgan fingerprint density at radius 1 is 1.29 bits per heavy atom. The molecule has 0 saturated heterocycles. The number of aromatic carboxylic acids is 1. The van der Waals surface area contributed by atoms with Gasteiger partial charge in [0.1, 0.15) is 5.03 Å². The molecule has 0 fully saturated rings. The van der Waals surface area contributed by atoms with Crippen LogP contribution in [0.3, 0.4) is 0 Å². The van der Waals surface area contributed by atoms with Crippen molar-refractivity contribution in [3.63, 3.8) is 0 Å². The predicted octanol–water partition coefficient (Wildman–Crippen LogP) is 3.54. The molecular weight excluding hydrogens is 312 g/mol. The zero-order valence-electron chi connectivity index (χ0n) is 11.0. The first-order chi connectivity index (χ1) is 9.95. The van der Waals surface area contributed by atoms with E-state index in [1.165, 1.54) is 30.9 Å². The lowest BCUT2D eigenvalue weighted by Crippen LogP contribution is -2.05. The SMILES string of the molecule is CC(=O)Nc1ccc(Sc2ncc(C(=O)O)cc2Cl)cc1. The summed E-state index contributed by atoms with van der Waals surface area (Å²) in [6.45, 7) is 1.44. The maximum Gasteiger partial charge on any atom is 0.337 e. The van der Waals surface area contributed by atoms with Crippen molar-refractivity contribution in [2.75, 3.05) is 5.32 Å². The fourth-order valence-electron chi connectivity index (χ4n) is 1.54. The van der Waals surface area contributed by atoms with Crippen molar-refractivity contribution in [2.24, 2.45) is 0 Å². The van der Waals surface area contributed by atoms with Gasteiger partial charge in [0.25, 0.3) is 0 Å². The van der Waals surface area contributed by atoms with Gasteiger partial charge in [-0.05, 0) is 30.3 Å². The zero-order chi connectivity index (χ0) is 15.4. The second-order valence-corrected chi connectivity index (χ2v) is 5.59. The van der Waals surface area contributed by atoms with E-state index in [0.29, 0.717) is 10.7 Å². The van der Waals surface area contributed by atoms with Crippen LogP contribution in [0.4, 0.5) is 5.69 Å². The van der Waals surface area contributed by atoms with Crippen LogP contribution in [0.2, 0.25) is 5.02 Å². The number of hydrogen-bond donors (Lipinski definition) is 2. The molecule has 1 amide bonds. The van der Waals surface area contributed by atoms with Crippen molar-refractivity contribution >= 4 is 40.9 Å². The van der Waals surface area contributed by atoms with Crippen LogP contribution < -0.4 is 5.32 Å². The largest absolute Gasteiger partial charge is 0.478 e. The number of nitrogens with one attached hydrogen (secondary N) is 1. The first-order valence-corrected chi connectivity index (χ1v) is 7.09. The number of anilines is 1. The van der Waals surface area contributed by atoms with E-state index in [1.807, 2.05) is 12.1 Å². The number of pyridine rings is 1. The van der Waals surface area contributed by atoms with Gasteiger partial charge in [0.05, 0.1) is 10.6 Å². The number of rotatable bonds is 4. The predicted molar refractivity (Wildman–Crippen MR) is 81.1 cm³/mol. The van der Waals surface area contributed by atoms with E-state index in [2.05, 4.69) is 10.3 Å². The number of carbonyl (C=O) groups excluding carboxylic acids is 1. The number of nitrogens with zero attached hydrogens (tertiary/aromatic N) is 1. The van der Waals surface area contributed by atoms with Crippen molar-refractivity contribution < 1.29 is 14.7 Å². The highest BCUT2D eigenvalue weighted by atomic mass is 35.5. The summed E-state index contributed by atoms with van der Waals surface area (Å²) in [6.07, 6.45) is 1.27. The Morgan fingerprint density at radius 3 is 2.48 bits per heavy atom. The normalized spacial score (nSPS) is 10.2. The van der Waals surface area contributed by atoms with Crippen LogP contribution in [-0.2, 0) is 4.79 Å². The second-order valence-electron chi connectivity index (χ2n) is 4.12. The highest BCUT2D eigenvalue weighted by Gasteiger charge is 2.10. The summed E-state index contributed by atoms with van der Waals surface area (Å²) in [5.41, 5.74) is 0.748. The molecule has 0 unspecified atom stereocenters. The van der Waals surface area contributed by atoms with Crippen LogP contribution in [0.25, 0.3) is 0 Å². The number of carbonyl (C=O) groups is 2. The molecule has 108 valence electrons. The van der Waals surface area contributed by atoms with Gasteiger partial charge in [0, 0.05) is 23.7 Å². The molecule has 1 aromatic carbocycles. The number of halogens is 1. The van der Waals surface area contributed by atoms with Gasteiger partial charge >= 0.3 is 5.97 Å². The molecule has 2 aromatic rings. The van der Waals surface area contributed by atoms with Crippen LogP contribution in [0, 0.1) is 0 Å². The van der Waals surface area contributed by atoms with Crippen molar-refractivity contribution in [2.45, 2.75) is 16.8 Å². The third-order valence-corrected chi connectivity index (χ3v) is 3.87.